The maximum absolute atomic E-state index is 12.2. The Labute approximate surface area is 143 Å². The van der Waals surface area contributed by atoms with Crippen LogP contribution in [0.15, 0.2) is 60.2 Å². The summed E-state index contributed by atoms with van der Waals surface area (Å²) in [6.07, 6.45) is 5.33. The van der Waals surface area contributed by atoms with Crippen molar-refractivity contribution in [3.05, 3.63) is 71.3 Å². The summed E-state index contributed by atoms with van der Waals surface area (Å²) in [7, 11) is 5.64. The molecule has 0 saturated carbocycles. The van der Waals surface area contributed by atoms with Gasteiger partial charge in [-0.2, -0.15) is 0 Å². The van der Waals surface area contributed by atoms with Crippen molar-refractivity contribution in [3.63, 3.8) is 0 Å². The summed E-state index contributed by atoms with van der Waals surface area (Å²) < 4.78 is 5.13. The Hall–Kier alpha value is -2.81. The number of nitrogens with zero attached hydrogens (tertiary/aromatic N) is 1. The highest BCUT2D eigenvalue weighted by Gasteiger charge is 2.01. The van der Waals surface area contributed by atoms with Crippen LogP contribution in [0.2, 0.25) is 0 Å². The lowest BCUT2D eigenvalue weighted by atomic mass is 10.1. The summed E-state index contributed by atoms with van der Waals surface area (Å²) in [4.78, 5) is 14.3. The minimum Gasteiger partial charge on any atom is -0.497 e. The third-order valence-corrected chi connectivity index (χ3v) is 3.72. The molecular formula is C21H23NO2. The molecule has 3 nitrogen and oxygen atoms in total. The Balaban J connectivity index is 2.05. The molecule has 0 saturated heterocycles. The number of hydrogen-bond donors (Lipinski definition) is 0. The number of rotatable bonds is 6. The van der Waals surface area contributed by atoms with E-state index in [9.17, 15) is 4.79 Å². The average Bonchev–Trinajstić information content (AvgIpc) is 2.60. The predicted octanol–water partition coefficient (Wildman–Crippen LogP) is 4.45. The van der Waals surface area contributed by atoms with Gasteiger partial charge in [0.05, 0.1) is 7.11 Å². The number of ketones is 1. The molecule has 0 fully saturated rings. The highest BCUT2D eigenvalue weighted by atomic mass is 16.5. The molecule has 0 atom stereocenters. The van der Waals surface area contributed by atoms with E-state index in [0.29, 0.717) is 5.57 Å². The van der Waals surface area contributed by atoms with E-state index in [2.05, 4.69) is 0 Å². The van der Waals surface area contributed by atoms with Gasteiger partial charge in [0.15, 0.2) is 5.78 Å². The van der Waals surface area contributed by atoms with Crippen LogP contribution in [0, 0.1) is 0 Å². The number of carbonyl (C=O) groups excluding carboxylic acids is 1. The van der Waals surface area contributed by atoms with E-state index in [1.54, 1.807) is 13.2 Å². The standard InChI is InChI=1S/C21H23NO2/c1-16(15-18-7-12-20(24-4)13-8-18)21(23)14-9-17-5-10-19(11-6-17)22(2)3/h5-15H,1-4H3/b14-9+,16-15+. The van der Waals surface area contributed by atoms with E-state index < -0.39 is 0 Å². The first kappa shape index (κ1) is 17.5. The molecule has 0 radical (unpaired) electrons. The summed E-state index contributed by atoms with van der Waals surface area (Å²) in [5, 5.41) is 0. The van der Waals surface area contributed by atoms with Gasteiger partial charge < -0.3 is 9.64 Å². The lowest BCUT2D eigenvalue weighted by Gasteiger charge is -2.11. The summed E-state index contributed by atoms with van der Waals surface area (Å²) in [6.45, 7) is 1.83. The summed E-state index contributed by atoms with van der Waals surface area (Å²) in [5.74, 6) is 0.805. The predicted molar refractivity (Wildman–Crippen MR) is 101 cm³/mol. The summed E-state index contributed by atoms with van der Waals surface area (Å²) in [6, 6.07) is 15.7. The Bertz CT molecular complexity index is 738. The zero-order valence-corrected chi connectivity index (χ0v) is 14.6. The van der Waals surface area contributed by atoms with E-state index in [0.717, 1.165) is 22.6 Å². The van der Waals surface area contributed by atoms with Gasteiger partial charge in [-0.15, -0.1) is 0 Å². The van der Waals surface area contributed by atoms with Crippen LogP contribution in [0.1, 0.15) is 18.1 Å². The fraction of sp³-hybridized carbons (Fsp3) is 0.190. The Morgan fingerprint density at radius 3 is 2.08 bits per heavy atom. The van der Waals surface area contributed by atoms with Crippen LogP contribution >= 0.6 is 0 Å². The quantitative estimate of drug-likeness (QED) is 0.736. The third-order valence-electron chi connectivity index (χ3n) is 3.72. The zero-order valence-electron chi connectivity index (χ0n) is 14.6. The van der Waals surface area contributed by atoms with Crippen molar-refractivity contribution in [2.75, 3.05) is 26.1 Å². The minimum atomic E-state index is 0.00232. The number of carbonyl (C=O) groups is 1. The molecule has 2 aromatic rings. The molecule has 0 bridgehead atoms. The molecule has 0 aromatic heterocycles. The molecule has 0 aliphatic rings. The van der Waals surface area contributed by atoms with Gasteiger partial charge in [0, 0.05) is 19.8 Å². The fourth-order valence-corrected chi connectivity index (χ4v) is 2.21. The van der Waals surface area contributed by atoms with Gasteiger partial charge in [-0.3, -0.25) is 4.79 Å². The summed E-state index contributed by atoms with van der Waals surface area (Å²) >= 11 is 0. The van der Waals surface area contributed by atoms with Crippen LogP contribution in [0.25, 0.3) is 12.2 Å². The van der Waals surface area contributed by atoms with E-state index in [1.165, 1.54) is 0 Å². The van der Waals surface area contributed by atoms with E-state index in [1.807, 2.05) is 86.6 Å². The van der Waals surface area contributed by atoms with Crippen LogP contribution in [0.4, 0.5) is 5.69 Å². The third kappa shape index (κ3) is 4.85. The van der Waals surface area contributed by atoms with Crippen molar-refractivity contribution < 1.29 is 9.53 Å². The first-order chi connectivity index (χ1) is 11.5. The second-order valence-electron chi connectivity index (χ2n) is 5.78. The number of anilines is 1. The Morgan fingerprint density at radius 1 is 0.958 bits per heavy atom. The second kappa shape index (κ2) is 8.16. The molecule has 0 N–H and O–H groups in total. The topological polar surface area (TPSA) is 29.5 Å². The van der Waals surface area contributed by atoms with Gasteiger partial charge in [-0.05, 0) is 60.0 Å². The van der Waals surface area contributed by atoms with Gasteiger partial charge in [-0.1, -0.05) is 30.3 Å². The Morgan fingerprint density at radius 2 is 1.54 bits per heavy atom. The molecule has 0 aliphatic carbocycles. The Kier molecular flexibility index (Phi) is 5.96. The monoisotopic (exact) mass is 321 g/mol. The van der Waals surface area contributed by atoms with Crippen molar-refractivity contribution in [1.82, 2.24) is 0 Å². The largest absolute Gasteiger partial charge is 0.497 e. The van der Waals surface area contributed by atoms with Crippen LogP contribution in [-0.4, -0.2) is 27.0 Å². The highest BCUT2D eigenvalue weighted by molar-refractivity contribution is 6.08. The summed E-state index contributed by atoms with van der Waals surface area (Å²) in [5.41, 5.74) is 3.81. The normalized spacial score (nSPS) is 11.6. The van der Waals surface area contributed by atoms with Gasteiger partial charge in [0.1, 0.15) is 5.75 Å². The second-order valence-corrected chi connectivity index (χ2v) is 5.78. The number of ether oxygens (including phenoxy) is 1. The van der Waals surface area contributed by atoms with Gasteiger partial charge in [0.25, 0.3) is 0 Å². The van der Waals surface area contributed by atoms with Crippen molar-refractivity contribution in [3.8, 4) is 5.75 Å². The van der Waals surface area contributed by atoms with Crippen LogP contribution in [0.3, 0.4) is 0 Å². The molecule has 0 heterocycles. The molecule has 3 heteroatoms. The molecule has 2 aromatic carbocycles. The minimum absolute atomic E-state index is 0.00232. The number of hydrogen-bond acceptors (Lipinski definition) is 3. The van der Waals surface area contributed by atoms with Crippen LogP contribution in [-0.2, 0) is 4.79 Å². The molecule has 124 valence electrons. The molecule has 0 unspecified atom stereocenters. The fourth-order valence-electron chi connectivity index (χ4n) is 2.21. The first-order valence-electron chi connectivity index (χ1n) is 7.82. The molecule has 0 aliphatic heterocycles. The van der Waals surface area contributed by atoms with Crippen molar-refractivity contribution in [2.24, 2.45) is 0 Å². The number of benzene rings is 2. The molecular weight excluding hydrogens is 298 g/mol. The first-order valence-corrected chi connectivity index (χ1v) is 7.82. The van der Waals surface area contributed by atoms with E-state index in [4.69, 9.17) is 4.74 Å². The SMILES string of the molecule is COc1ccc(/C=C(\C)C(=O)/C=C/c2ccc(N(C)C)cc2)cc1. The maximum atomic E-state index is 12.2. The highest BCUT2D eigenvalue weighted by Crippen LogP contribution is 2.16. The van der Waals surface area contributed by atoms with Crippen molar-refractivity contribution >= 4 is 23.6 Å². The van der Waals surface area contributed by atoms with Crippen LogP contribution in [0.5, 0.6) is 5.75 Å². The van der Waals surface area contributed by atoms with E-state index in [-0.39, 0.29) is 5.78 Å². The molecule has 0 spiro atoms. The van der Waals surface area contributed by atoms with Crippen molar-refractivity contribution in [2.45, 2.75) is 6.92 Å². The lowest BCUT2D eigenvalue weighted by Crippen LogP contribution is -2.07. The molecule has 0 amide bonds. The maximum Gasteiger partial charge on any atom is 0.181 e. The molecule has 2 rings (SSSR count). The molecule has 24 heavy (non-hydrogen) atoms. The van der Waals surface area contributed by atoms with Crippen molar-refractivity contribution in [1.29, 1.82) is 0 Å². The smallest absolute Gasteiger partial charge is 0.181 e. The van der Waals surface area contributed by atoms with Crippen LogP contribution < -0.4 is 9.64 Å². The van der Waals surface area contributed by atoms with Gasteiger partial charge in [-0.25, -0.2) is 0 Å². The van der Waals surface area contributed by atoms with Gasteiger partial charge >= 0.3 is 0 Å². The van der Waals surface area contributed by atoms with Gasteiger partial charge in [0.2, 0.25) is 0 Å². The lowest BCUT2D eigenvalue weighted by molar-refractivity contribution is -0.111. The van der Waals surface area contributed by atoms with E-state index >= 15 is 0 Å². The zero-order chi connectivity index (χ0) is 17.5. The average molecular weight is 321 g/mol. The number of allylic oxidation sites excluding steroid dienone is 2. The number of methoxy groups -OCH3 is 1.